The van der Waals surface area contributed by atoms with E-state index in [2.05, 4.69) is 12.2 Å². The summed E-state index contributed by atoms with van der Waals surface area (Å²) in [6, 6.07) is 5.67. The van der Waals surface area contributed by atoms with Crippen molar-refractivity contribution >= 4 is 23.8 Å². The molecule has 0 radical (unpaired) electrons. The van der Waals surface area contributed by atoms with Crippen LogP contribution in [0.5, 0.6) is 5.75 Å². The van der Waals surface area contributed by atoms with Crippen LogP contribution in [0.1, 0.15) is 53.0 Å². The first-order chi connectivity index (χ1) is 19.8. The molecule has 1 heterocycles. The largest absolute Gasteiger partial charge is 0.497 e. The van der Waals surface area contributed by atoms with Crippen LogP contribution in [-0.4, -0.2) is 63.8 Å². The number of methoxy groups -OCH3 is 3. The fourth-order valence-electron chi connectivity index (χ4n) is 5.66. The number of nitrogens with two attached hydrogens (primary N) is 2. The summed E-state index contributed by atoms with van der Waals surface area (Å²) >= 11 is 0. The molecular weight excluding hydrogens is 542 g/mol. The maximum absolute atomic E-state index is 13.1. The van der Waals surface area contributed by atoms with Crippen LogP contribution in [-0.2, 0) is 30.2 Å². The number of hydrogen-bond acceptors (Lipinski definition) is 8. The van der Waals surface area contributed by atoms with Gasteiger partial charge in [-0.1, -0.05) is 32.9 Å². The first kappa shape index (κ1) is 34.6. The molecule has 1 aromatic rings. The molecule has 7 atom stereocenters. The third kappa shape index (κ3) is 10.4. The summed E-state index contributed by atoms with van der Waals surface area (Å²) in [4.78, 5) is 36.9. The Morgan fingerprint density at radius 2 is 1.55 bits per heavy atom. The van der Waals surface area contributed by atoms with E-state index in [4.69, 9.17) is 35.2 Å². The van der Waals surface area contributed by atoms with Gasteiger partial charge in [0.2, 0.25) is 0 Å². The number of amides is 3. The molecule has 234 valence electrons. The van der Waals surface area contributed by atoms with E-state index in [-0.39, 0.29) is 42.3 Å². The summed E-state index contributed by atoms with van der Waals surface area (Å²) < 4.78 is 28.2. The molecule has 0 fully saturated rings. The summed E-state index contributed by atoms with van der Waals surface area (Å²) in [5.74, 6) is 0.0565. The van der Waals surface area contributed by atoms with Gasteiger partial charge in [0.15, 0.2) is 6.10 Å². The van der Waals surface area contributed by atoms with Crippen molar-refractivity contribution in [1.29, 1.82) is 0 Å². The fraction of sp³-hybridized carbons (Fsp3) is 0.581. The van der Waals surface area contributed by atoms with Crippen LogP contribution in [0.15, 0.2) is 41.5 Å². The fourth-order valence-corrected chi connectivity index (χ4v) is 5.66. The van der Waals surface area contributed by atoms with Crippen LogP contribution in [0.3, 0.4) is 0 Å². The predicted octanol–water partition coefficient (Wildman–Crippen LogP) is 4.73. The number of carbonyl (C=O) groups excluding carboxylic acids is 3. The molecule has 1 aliphatic heterocycles. The second kappa shape index (κ2) is 16.2. The molecule has 2 bridgehead atoms. The molecular formula is C31H47N3O8. The van der Waals surface area contributed by atoms with E-state index in [0.29, 0.717) is 35.4 Å². The molecule has 11 nitrogen and oxygen atoms in total. The number of fused-ring (bicyclic) bond motifs is 2. The minimum absolute atomic E-state index is 0.185. The van der Waals surface area contributed by atoms with Gasteiger partial charge < -0.3 is 40.5 Å². The highest BCUT2D eigenvalue weighted by Crippen LogP contribution is 2.29. The van der Waals surface area contributed by atoms with Crippen LogP contribution in [0, 0.1) is 17.8 Å². The van der Waals surface area contributed by atoms with E-state index in [1.807, 2.05) is 32.1 Å². The van der Waals surface area contributed by atoms with Crippen molar-refractivity contribution in [1.82, 2.24) is 0 Å². The molecule has 0 unspecified atom stereocenters. The van der Waals surface area contributed by atoms with Gasteiger partial charge >= 0.3 is 12.2 Å². The van der Waals surface area contributed by atoms with E-state index in [0.717, 1.165) is 5.56 Å². The average molecular weight is 590 g/mol. The van der Waals surface area contributed by atoms with Crippen molar-refractivity contribution in [3.8, 4) is 5.75 Å². The minimum atomic E-state index is -1.03. The van der Waals surface area contributed by atoms with Gasteiger partial charge in [0.05, 0.1) is 19.3 Å². The SMILES string of the molecule is COc1cc2cc(c1)NC(=O)/C(C)=C/[C@@H](C)C[C@H](OC(N)=O)[C@@H](OC(N)=O)/C(C)=C/[C@H](C)[C@@H](OC)[C@@H](OC)C[C@H](C)C2. The highest BCUT2D eigenvalue weighted by molar-refractivity contribution is 6.03. The number of allylic oxidation sites excluding steroid dienone is 1. The Hall–Kier alpha value is -3.57. The highest BCUT2D eigenvalue weighted by atomic mass is 16.6. The number of primary amides is 2. The van der Waals surface area contributed by atoms with Gasteiger partial charge in [-0.05, 0) is 68.2 Å². The van der Waals surface area contributed by atoms with Crippen LogP contribution < -0.4 is 21.5 Å². The van der Waals surface area contributed by atoms with Crippen molar-refractivity contribution in [2.45, 2.75) is 78.3 Å². The first-order valence-corrected chi connectivity index (χ1v) is 14.1. The maximum atomic E-state index is 13.1. The number of hydrogen-bond donors (Lipinski definition) is 3. The first-order valence-electron chi connectivity index (χ1n) is 14.1. The number of ether oxygens (including phenoxy) is 5. The Balaban J connectivity index is 2.64. The number of nitrogens with one attached hydrogen (secondary N) is 1. The second-order valence-electron chi connectivity index (χ2n) is 11.2. The highest BCUT2D eigenvalue weighted by Gasteiger charge is 2.33. The molecule has 0 aliphatic carbocycles. The van der Waals surface area contributed by atoms with Gasteiger partial charge in [0, 0.05) is 37.5 Å². The Morgan fingerprint density at radius 1 is 0.881 bits per heavy atom. The quantitative estimate of drug-likeness (QED) is 0.415. The lowest BCUT2D eigenvalue weighted by Crippen LogP contribution is -2.40. The smallest absolute Gasteiger partial charge is 0.405 e. The normalized spacial score (nSPS) is 30.6. The lowest BCUT2D eigenvalue weighted by atomic mass is 9.87. The standard InChI is InChI=1S/C31H47N3O8/c1-17-9-21(5)29(35)34-23-14-22(15-24(16-23)38-6)10-18(2)11-25(39-7)27(40-8)19(3)13-20(4)28(42-31(33)37)26(12-17)41-30(32)36/h9,13-19,25-28H,10-12H2,1-8H3,(H2,32,36)(H2,33,37)(H,34,35)/b20-13+,21-9+/t17-,18-,19+,25+,26+,27-,28+/m1/s1. The Kier molecular flexibility index (Phi) is 13.3. The predicted molar refractivity (Wildman–Crippen MR) is 160 cm³/mol. The summed E-state index contributed by atoms with van der Waals surface area (Å²) in [5, 5.41) is 2.95. The Bertz CT molecular complexity index is 1150. The average Bonchev–Trinajstić information content (AvgIpc) is 2.89. The number of benzene rings is 1. The molecule has 0 spiro atoms. The van der Waals surface area contributed by atoms with Gasteiger partial charge in [0.1, 0.15) is 11.9 Å². The summed E-state index contributed by atoms with van der Waals surface area (Å²) in [5.41, 5.74) is 13.5. The monoisotopic (exact) mass is 589 g/mol. The summed E-state index contributed by atoms with van der Waals surface area (Å²) in [6.07, 6.45) is 0.596. The van der Waals surface area contributed by atoms with E-state index in [1.165, 1.54) is 0 Å². The molecule has 3 amide bonds. The van der Waals surface area contributed by atoms with E-state index in [1.54, 1.807) is 47.3 Å². The maximum Gasteiger partial charge on any atom is 0.405 e. The van der Waals surface area contributed by atoms with Crippen LogP contribution in [0.25, 0.3) is 0 Å². The lowest BCUT2D eigenvalue weighted by molar-refractivity contribution is -0.112. The molecule has 5 N–H and O–H groups in total. The van der Waals surface area contributed by atoms with E-state index in [9.17, 15) is 14.4 Å². The van der Waals surface area contributed by atoms with Crippen molar-refractivity contribution in [3.63, 3.8) is 0 Å². The summed E-state index contributed by atoms with van der Waals surface area (Å²) in [7, 11) is 4.86. The van der Waals surface area contributed by atoms with Crippen LogP contribution in [0.2, 0.25) is 0 Å². The summed E-state index contributed by atoms with van der Waals surface area (Å²) in [6.45, 7) is 9.42. The topological polar surface area (TPSA) is 161 Å². The van der Waals surface area contributed by atoms with Gasteiger partial charge in [-0.15, -0.1) is 0 Å². The van der Waals surface area contributed by atoms with Gasteiger partial charge in [-0.2, -0.15) is 0 Å². The zero-order chi connectivity index (χ0) is 31.6. The van der Waals surface area contributed by atoms with E-state index < -0.39 is 24.4 Å². The van der Waals surface area contributed by atoms with Crippen molar-refractivity contribution in [3.05, 3.63) is 47.1 Å². The van der Waals surface area contributed by atoms with Crippen molar-refractivity contribution in [2.24, 2.45) is 29.2 Å². The van der Waals surface area contributed by atoms with Gasteiger partial charge in [-0.3, -0.25) is 4.79 Å². The molecule has 2 rings (SSSR count). The lowest BCUT2D eigenvalue weighted by Gasteiger charge is -2.32. The third-order valence-corrected chi connectivity index (χ3v) is 7.46. The molecule has 11 heteroatoms. The number of rotatable bonds is 5. The zero-order valence-electron chi connectivity index (χ0n) is 26.0. The molecule has 1 aliphatic rings. The minimum Gasteiger partial charge on any atom is -0.497 e. The van der Waals surface area contributed by atoms with Crippen molar-refractivity contribution < 1.29 is 38.1 Å². The Morgan fingerprint density at radius 3 is 2.12 bits per heavy atom. The second-order valence-corrected chi connectivity index (χ2v) is 11.2. The number of carbonyl (C=O) groups is 3. The van der Waals surface area contributed by atoms with E-state index >= 15 is 0 Å². The molecule has 0 saturated carbocycles. The Labute approximate surface area is 248 Å². The third-order valence-electron chi connectivity index (χ3n) is 7.46. The zero-order valence-corrected chi connectivity index (χ0v) is 26.0. The van der Waals surface area contributed by atoms with Crippen LogP contribution in [0.4, 0.5) is 15.3 Å². The molecule has 0 saturated heterocycles. The van der Waals surface area contributed by atoms with Crippen molar-refractivity contribution in [2.75, 3.05) is 26.6 Å². The molecule has 1 aromatic carbocycles. The van der Waals surface area contributed by atoms with Gasteiger partial charge in [-0.25, -0.2) is 9.59 Å². The molecule has 0 aromatic heterocycles. The number of anilines is 1. The van der Waals surface area contributed by atoms with Crippen LogP contribution >= 0.6 is 0 Å². The van der Waals surface area contributed by atoms with Gasteiger partial charge in [0.25, 0.3) is 5.91 Å². The molecule has 42 heavy (non-hydrogen) atoms.